The fraction of sp³-hybridized carbons (Fsp3) is 0.150. The Labute approximate surface area is 167 Å². The first kappa shape index (κ1) is 20.3. The largest absolute Gasteiger partial charge is 0.480 e. The van der Waals surface area contributed by atoms with E-state index in [1.807, 2.05) is 30.3 Å². The highest BCUT2D eigenvalue weighted by Gasteiger charge is 2.22. The highest BCUT2D eigenvalue weighted by molar-refractivity contribution is 7.92. The van der Waals surface area contributed by atoms with Crippen molar-refractivity contribution in [3.63, 3.8) is 0 Å². The second kappa shape index (κ2) is 8.27. The van der Waals surface area contributed by atoms with Gasteiger partial charge in [-0.25, -0.2) is 4.98 Å². The molecule has 0 unspecified atom stereocenters. The van der Waals surface area contributed by atoms with Gasteiger partial charge in [0.25, 0.3) is 15.6 Å². The van der Waals surface area contributed by atoms with E-state index in [2.05, 4.69) is 9.71 Å². The summed E-state index contributed by atoms with van der Waals surface area (Å²) in [5.41, 5.74) is 0.828. The molecule has 0 fully saturated rings. The number of sulfonamides is 1. The van der Waals surface area contributed by atoms with Crippen molar-refractivity contribution in [1.29, 1.82) is 0 Å². The normalized spacial score (nSPS) is 11.2. The fourth-order valence-corrected chi connectivity index (χ4v) is 3.97. The van der Waals surface area contributed by atoms with Gasteiger partial charge in [0.2, 0.25) is 0 Å². The summed E-state index contributed by atoms with van der Waals surface area (Å²) in [6.07, 6.45) is 1.63. The molecule has 0 radical (unpaired) electrons. The van der Waals surface area contributed by atoms with E-state index in [-0.39, 0.29) is 10.7 Å². The van der Waals surface area contributed by atoms with Crippen molar-refractivity contribution in [2.24, 2.45) is 0 Å². The van der Waals surface area contributed by atoms with Gasteiger partial charge in [0.15, 0.2) is 5.03 Å². The number of hydrogen-bond donors (Lipinski definition) is 2. The summed E-state index contributed by atoms with van der Waals surface area (Å²) in [5.74, 6) is -1.20. The molecule has 2 N–H and O–H groups in total. The number of benzene rings is 1. The maximum Gasteiger partial charge on any atom is 0.323 e. The van der Waals surface area contributed by atoms with Gasteiger partial charge in [-0.05, 0) is 42.7 Å². The predicted molar refractivity (Wildman–Crippen MR) is 107 cm³/mol. The minimum atomic E-state index is -4.13. The zero-order chi connectivity index (χ0) is 21.0. The van der Waals surface area contributed by atoms with Crippen molar-refractivity contribution in [2.45, 2.75) is 24.9 Å². The zero-order valence-corrected chi connectivity index (χ0v) is 16.4. The molecular formula is C20H19N3O5S. The second-order valence-electron chi connectivity index (χ2n) is 6.41. The molecule has 0 amide bonds. The lowest BCUT2D eigenvalue weighted by atomic mass is 10.0. The number of carbonyl (C=O) groups is 1. The Morgan fingerprint density at radius 1 is 1.14 bits per heavy atom. The summed E-state index contributed by atoms with van der Waals surface area (Å²) in [6.45, 7) is 1.03. The summed E-state index contributed by atoms with van der Waals surface area (Å²) >= 11 is 0. The first-order valence-electron chi connectivity index (χ1n) is 8.71. The first-order valence-corrected chi connectivity index (χ1v) is 10.2. The molecule has 0 aliphatic heterocycles. The fourth-order valence-electron chi connectivity index (χ4n) is 2.92. The number of carboxylic acid groups (broad SMARTS) is 1. The van der Waals surface area contributed by atoms with Gasteiger partial charge >= 0.3 is 5.97 Å². The summed E-state index contributed by atoms with van der Waals surface area (Å²) < 4.78 is 28.8. The van der Waals surface area contributed by atoms with E-state index < -0.39 is 28.1 Å². The Balaban J connectivity index is 2.13. The molecule has 1 aromatic carbocycles. The number of anilines is 1. The van der Waals surface area contributed by atoms with Crippen LogP contribution in [-0.2, 0) is 27.8 Å². The molecule has 0 aliphatic rings. The number of aliphatic carboxylic acids is 1. The lowest BCUT2D eigenvalue weighted by Crippen LogP contribution is -2.31. The second-order valence-corrected chi connectivity index (χ2v) is 8.04. The third-order valence-corrected chi connectivity index (χ3v) is 5.53. The molecule has 0 aliphatic carbocycles. The van der Waals surface area contributed by atoms with Crippen LogP contribution in [0.15, 0.2) is 70.6 Å². The van der Waals surface area contributed by atoms with Crippen LogP contribution >= 0.6 is 0 Å². The van der Waals surface area contributed by atoms with Crippen LogP contribution in [0, 0.1) is 6.92 Å². The maximum absolute atomic E-state index is 13.0. The van der Waals surface area contributed by atoms with Gasteiger partial charge in [-0.1, -0.05) is 36.4 Å². The summed E-state index contributed by atoms with van der Waals surface area (Å²) in [6, 6.07) is 15.3. The van der Waals surface area contributed by atoms with Crippen molar-refractivity contribution < 1.29 is 18.3 Å². The van der Waals surface area contributed by atoms with Crippen LogP contribution in [0.2, 0.25) is 0 Å². The van der Waals surface area contributed by atoms with E-state index >= 15 is 0 Å². The van der Waals surface area contributed by atoms with Crippen LogP contribution in [-0.4, -0.2) is 29.0 Å². The average Bonchev–Trinajstić information content (AvgIpc) is 2.69. The third-order valence-electron chi connectivity index (χ3n) is 4.27. The summed E-state index contributed by atoms with van der Waals surface area (Å²) in [5, 5.41) is 8.87. The lowest BCUT2D eigenvalue weighted by Gasteiger charge is -2.16. The van der Waals surface area contributed by atoms with Gasteiger partial charge in [0, 0.05) is 11.9 Å². The molecule has 0 spiro atoms. The van der Waals surface area contributed by atoms with Crippen LogP contribution in [0.4, 0.5) is 5.69 Å². The molecule has 29 heavy (non-hydrogen) atoms. The van der Waals surface area contributed by atoms with E-state index in [1.54, 1.807) is 19.1 Å². The SMILES string of the molecule is Cc1cc(Cc2ccccc2)c(NS(=O)(=O)c2ccccn2)c(=O)n1CC(=O)O. The third kappa shape index (κ3) is 4.69. The smallest absolute Gasteiger partial charge is 0.323 e. The van der Waals surface area contributed by atoms with E-state index in [0.29, 0.717) is 17.7 Å². The highest BCUT2D eigenvalue weighted by atomic mass is 32.2. The molecule has 2 aromatic heterocycles. The zero-order valence-electron chi connectivity index (χ0n) is 15.6. The number of aromatic nitrogens is 2. The highest BCUT2D eigenvalue weighted by Crippen LogP contribution is 2.20. The molecule has 8 nitrogen and oxygen atoms in total. The van der Waals surface area contributed by atoms with Crippen molar-refractivity contribution in [3.05, 3.63) is 88.0 Å². The van der Waals surface area contributed by atoms with Crippen LogP contribution in [0.1, 0.15) is 16.8 Å². The Bertz CT molecular complexity index is 1190. The van der Waals surface area contributed by atoms with Crippen molar-refractivity contribution >= 4 is 21.7 Å². The number of nitrogens with zero attached hydrogens (tertiary/aromatic N) is 2. The minimum Gasteiger partial charge on any atom is -0.480 e. The van der Waals surface area contributed by atoms with Crippen LogP contribution in [0.5, 0.6) is 0 Å². The van der Waals surface area contributed by atoms with E-state index in [0.717, 1.165) is 10.1 Å². The minimum absolute atomic E-state index is 0.189. The molecule has 150 valence electrons. The Hall–Kier alpha value is -3.46. The number of carboxylic acids is 1. The lowest BCUT2D eigenvalue weighted by molar-refractivity contribution is -0.137. The van der Waals surface area contributed by atoms with Crippen molar-refractivity contribution in [3.8, 4) is 0 Å². The molecule has 9 heteroatoms. The van der Waals surface area contributed by atoms with E-state index in [1.165, 1.54) is 18.3 Å². The summed E-state index contributed by atoms with van der Waals surface area (Å²) in [4.78, 5) is 28.0. The first-order chi connectivity index (χ1) is 13.8. The quantitative estimate of drug-likeness (QED) is 0.612. The Morgan fingerprint density at radius 3 is 2.45 bits per heavy atom. The van der Waals surface area contributed by atoms with Gasteiger partial charge in [-0.3, -0.25) is 18.9 Å². The predicted octanol–water partition coefficient (Wildman–Crippen LogP) is 2.03. The molecule has 0 saturated heterocycles. The van der Waals surface area contributed by atoms with Gasteiger partial charge in [-0.2, -0.15) is 8.42 Å². The van der Waals surface area contributed by atoms with Gasteiger partial charge in [0.1, 0.15) is 12.2 Å². The molecule has 0 atom stereocenters. The molecule has 2 heterocycles. The van der Waals surface area contributed by atoms with Crippen molar-refractivity contribution in [1.82, 2.24) is 9.55 Å². The van der Waals surface area contributed by atoms with Gasteiger partial charge in [0.05, 0.1) is 0 Å². The van der Waals surface area contributed by atoms with Gasteiger partial charge < -0.3 is 5.11 Å². The molecule has 0 bridgehead atoms. The number of aryl methyl sites for hydroxylation is 1. The molecule has 0 saturated carbocycles. The number of pyridine rings is 2. The van der Waals surface area contributed by atoms with Crippen molar-refractivity contribution in [2.75, 3.05) is 4.72 Å². The van der Waals surface area contributed by atoms with E-state index in [4.69, 9.17) is 5.11 Å². The Morgan fingerprint density at radius 2 is 1.83 bits per heavy atom. The van der Waals surface area contributed by atoms with Crippen LogP contribution in [0.25, 0.3) is 0 Å². The molecular weight excluding hydrogens is 394 g/mol. The van der Waals surface area contributed by atoms with Gasteiger partial charge in [-0.15, -0.1) is 0 Å². The molecule has 3 rings (SSSR count). The number of nitrogens with one attached hydrogen (secondary N) is 1. The van der Waals surface area contributed by atoms with Crippen LogP contribution in [0.3, 0.4) is 0 Å². The van der Waals surface area contributed by atoms with Crippen LogP contribution < -0.4 is 10.3 Å². The average molecular weight is 413 g/mol. The maximum atomic E-state index is 13.0. The monoisotopic (exact) mass is 413 g/mol. The standard InChI is InChI=1S/C20H19N3O5S/c1-14-11-16(12-15-7-3-2-4-8-15)19(20(26)23(14)13-18(24)25)22-29(27,28)17-9-5-6-10-21-17/h2-11,22H,12-13H2,1H3,(H,24,25). The van der Waals surface area contributed by atoms with E-state index in [9.17, 15) is 18.0 Å². The Kier molecular flexibility index (Phi) is 5.79. The number of hydrogen-bond acceptors (Lipinski definition) is 5. The number of rotatable bonds is 7. The topological polar surface area (TPSA) is 118 Å². The summed E-state index contributed by atoms with van der Waals surface area (Å²) in [7, 11) is -4.13. The molecule has 3 aromatic rings.